The molecule has 0 saturated heterocycles. The molecule has 0 rings (SSSR count). The van der Waals surface area contributed by atoms with Gasteiger partial charge in [-0.3, -0.25) is 0 Å². The molecule has 0 fully saturated rings. The van der Waals surface area contributed by atoms with Gasteiger partial charge in [0.1, 0.15) is 0 Å². The van der Waals surface area contributed by atoms with Crippen molar-refractivity contribution in [2.24, 2.45) is 16.2 Å². The van der Waals surface area contributed by atoms with Crippen LogP contribution in [-0.2, 0) is 0 Å². The zero-order valence-electron chi connectivity index (χ0n) is 18.9. The minimum Gasteiger partial charge on any atom is -0.170 e. The average Bonchev–Trinajstić information content (AvgIpc) is 2.70. The van der Waals surface area contributed by atoms with Gasteiger partial charge in [-0.1, -0.05) is 90.5 Å². The third kappa shape index (κ3) is 4.10. The first-order valence-electron chi connectivity index (χ1n) is 10.3. The molecular formula is C25H34F6. The molecule has 0 spiro atoms. The molecule has 0 aliphatic heterocycles. The Morgan fingerprint density at radius 2 is 0.839 bits per heavy atom. The molecular weight excluding hydrogens is 414 g/mol. The molecule has 0 nitrogen and oxygen atoms in total. The second-order valence-electron chi connectivity index (χ2n) is 7.45. The van der Waals surface area contributed by atoms with Crippen molar-refractivity contribution in [1.29, 1.82) is 0 Å². The first kappa shape index (κ1) is 29.0. The Labute approximate surface area is 182 Å². The van der Waals surface area contributed by atoms with E-state index in [0.717, 1.165) is 12.2 Å². The molecule has 0 N–H and O–H groups in total. The summed E-state index contributed by atoms with van der Waals surface area (Å²) in [5.74, 6) is 0. The summed E-state index contributed by atoms with van der Waals surface area (Å²) in [6, 6.07) is 0. The van der Waals surface area contributed by atoms with E-state index >= 15 is 26.3 Å². The highest BCUT2D eigenvalue weighted by atomic mass is 19.4. The van der Waals surface area contributed by atoms with E-state index < -0.39 is 54.3 Å². The predicted octanol–water partition coefficient (Wildman–Crippen LogP) is 9.31. The third-order valence-electron chi connectivity index (χ3n) is 6.84. The van der Waals surface area contributed by atoms with E-state index in [-0.39, 0.29) is 11.1 Å². The molecule has 0 saturated carbocycles. The Morgan fingerprint density at radius 3 is 0.968 bits per heavy atom. The van der Waals surface area contributed by atoms with E-state index in [1.165, 1.54) is 52.0 Å². The maximum Gasteiger partial charge on any atom is 0.404 e. The van der Waals surface area contributed by atoms with Crippen LogP contribution in [0.5, 0.6) is 0 Å². The number of allylic oxidation sites excluding steroid dienone is 8. The van der Waals surface area contributed by atoms with Gasteiger partial charge >= 0.3 is 12.4 Å². The largest absolute Gasteiger partial charge is 0.404 e. The Hall–Kier alpha value is -1.98. The second kappa shape index (κ2) is 10.6. The standard InChI is InChI=1S/C25H34F6/c1-9-17-19(11-3)21(13-5,14-6)23(24(26,27)28,25(29,30)31)22(15-7,16-8)20(12-4)18-10-2/h9-12,17-18H,1-4,13-16H2,5-8H3/b19-17+,20-18+. The van der Waals surface area contributed by atoms with Crippen molar-refractivity contribution in [3.05, 3.63) is 73.9 Å². The number of rotatable bonds is 12. The summed E-state index contributed by atoms with van der Waals surface area (Å²) >= 11 is 0. The molecule has 31 heavy (non-hydrogen) atoms. The van der Waals surface area contributed by atoms with Gasteiger partial charge in [0.15, 0.2) is 5.41 Å². The lowest BCUT2D eigenvalue weighted by molar-refractivity contribution is -0.407. The van der Waals surface area contributed by atoms with Crippen molar-refractivity contribution < 1.29 is 26.3 Å². The fourth-order valence-electron chi connectivity index (χ4n) is 5.61. The fraction of sp³-hybridized carbons (Fsp3) is 0.520. The lowest BCUT2D eigenvalue weighted by atomic mass is 9.42. The average molecular weight is 449 g/mol. The fourth-order valence-corrected chi connectivity index (χ4v) is 5.61. The van der Waals surface area contributed by atoms with Gasteiger partial charge in [-0.15, -0.1) is 0 Å². The molecule has 6 heteroatoms. The van der Waals surface area contributed by atoms with Crippen molar-refractivity contribution in [1.82, 2.24) is 0 Å². The monoisotopic (exact) mass is 448 g/mol. The van der Waals surface area contributed by atoms with E-state index in [4.69, 9.17) is 0 Å². The molecule has 176 valence electrons. The van der Waals surface area contributed by atoms with Gasteiger partial charge in [0.2, 0.25) is 0 Å². The summed E-state index contributed by atoms with van der Waals surface area (Å²) < 4.78 is 91.1. The minimum absolute atomic E-state index is 0.143. The van der Waals surface area contributed by atoms with Crippen LogP contribution in [0.2, 0.25) is 0 Å². The smallest absolute Gasteiger partial charge is 0.170 e. The van der Waals surface area contributed by atoms with Crippen LogP contribution in [0.15, 0.2) is 73.9 Å². The van der Waals surface area contributed by atoms with Crippen molar-refractivity contribution in [3.63, 3.8) is 0 Å². The number of halogens is 6. The van der Waals surface area contributed by atoms with Gasteiger partial charge in [-0.2, -0.15) is 26.3 Å². The highest BCUT2D eigenvalue weighted by molar-refractivity contribution is 5.41. The molecule has 0 atom stereocenters. The van der Waals surface area contributed by atoms with Gasteiger partial charge in [0.25, 0.3) is 0 Å². The molecule has 0 bridgehead atoms. The maximum atomic E-state index is 15.2. The Morgan fingerprint density at radius 1 is 0.581 bits per heavy atom. The van der Waals surface area contributed by atoms with Crippen molar-refractivity contribution >= 4 is 0 Å². The van der Waals surface area contributed by atoms with Crippen LogP contribution in [-0.4, -0.2) is 12.4 Å². The van der Waals surface area contributed by atoms with E-state index in [1.807, 2.05) is 0 Å². The van der Waals surface area contributed by atoms with Crippen LogP contribution in [0.25, 0.3) is 0 Å². The molecule has 0 aliphatic rings. The molecule has 0 aromatic heterocycles. The van der Waals surface area contributed by atoms with Gasteiger partial charge < -0.3 is 0 Å². The normalized spacial score (nSPS) is 14.9. The van der Waals surface area contributed by atoms with Crippen LogP contribution in [0, 0.1) is 16.2 Å². The Bertz CT molecular complexity index is 645. The number of alkyl halides is 6. The van der Waals surface area contributed by atoms with Crippen LogP contribution in [0.1, 0.15) is 53.4 Å². The van der Waals surface area contributed by atoms with E-state index in [1.54, 1.807) is 0 Å². The predicted molar refractivity (Wildman–Crippen MR) is 118 cm³/mol. The van der Waals surface area contributed by atoms with Crippen LogP contribution >= 0.6 is 0 Å². The van der Waals surface area contributed by atoms with E-state index in [0.29, 0.717) is 0 Å². The Balaban J connectivity index is 8.46. The molecule has 0 radical (unpaired) electrons. The number of hydrogen-bond donors (Lipinski definition) is 0. The molecule has 0 amide bonds. The van der Waals surface area contributed by atoms with Crippen LogP contribution < -0.4 is 0 Å². The molecule has 0 unspecified atom stereocenters. The lowest BCUT2D eigenvalue weighted by Crippen LogP contribution is -2.69. The van der Waals surface area contributed by atoms with E-state index in [2.05, 4.69) is 26.3 Å². The number of hydrogen-bond acceptors (Lipinski definition) is 0. The van der Waals surface area contributed by atoms with E-state index in [9.17, 15) is 0 Å². The van der Waals surface area contributed by atoms with Crippen LogP contribution in [0.3, 0.4) is 0 Å². The van der Waals surface area contributed by atoms with Gasteiger partial charge in [-0.05, 0) is 36.8 Å². The lowest BCUT2D eigenvalue weighted by Gasteiger charge is -2.61. The molecule has 0 aromatic carbocycles. The second-order valence-corrected chi connectivity index (χ2v) is 7.45. The Kier molecular flexibility index (Phi) is 9.88. The van der Waals surface area contributed by atoms with Crippen molar-refractivity contribution in [3.8, 4) is 0 Å². The topological polar surface area (TPSA) is 0 Å². The van der Waals surface area contributed by atoms with Gasteiger partial charge in [0.05, 0.1) is 0 Å². The summed E-state index contributed by atoms with van der Waals surface area (Å²) in [7, 11) is 0. The summed E-state index contributed by atoms with van der Waals surface area (Å²) in [5.41, 5.74) is -9.12. The maximum absolute atomic E-state index is 15.2. The highest BCUT2D eigenvalue weighted by Gasteiger charge is 2.85. The third-order valence-corrected chi connectivity index (χ3v) is 6.84. The highest BCUT2D eigenvalue weighted by Crippen LogP contribution is 2.75. The quantitative estimate of drug-likeness (QED) is 0.206. The summed E-state index contributed by atoms with van der Waals surface area (Å²) in [6.07, 6.45) is -5.95. The zero-order chi connectivity index (χ0) is 24.7. The zero-order valence-corrected chi connectivity index (χ0v) is 18.9. The van der Waals surface area contributed by atoms with Crippen LogP contribution in [0.4, 0.5) is 26.3 Å². The first-order valence-corrected chi connectivity index (χ1v) is 10.3. The van der Waals surface area contributed by atoms with Gasteiger partial charge in [-0.25, -0.2) is 0 Å². The SMILES string of the molecule is C=C/C=C(\C=C)C(CC)(CC)C(C(F)(F)F)(C(F)(F)F)C(CC)(CC)/C(C=C)=C/C=C. The van der Waals surface area contributed by atoms with Gasteiger partial charge in [0, 0.05) is 10.8 Å². The molecule has 0 aromatic rings. The van der Waals surface area contributed by atoms with Crippen molar-refractivity contribution in [2.75, 3.05) is 0 Å². The first-order chi connectivity index (χ1) is 14.3. The minimum atomic E-state index is -5.64. The summed E-state index contributed by atoms with van der Waals surface area (Å²) in [6.45, 7) is 19.5. The van der Waals surface area contributed by atoms with Crippen molar-refractivity contribution in [2.45, 2.75) is 65.7 Å². The summed E-state index contributed by atoms with van der Waals surface area (Å²) in [4.78, 5) is 0. The molecule has 0 aliphatic carbocycles. The summed E-state index contributed by atoms with van der Waals surface area (Å²) in [5, 5.41) is 0. The molecule has 0 heterocycles.